The van der Waals surface area contributed by atoms with Gasteiger partial charge in [0.1, 0.15) is 5.60 Å². The van der Waals surface area contributed by atoms with Gasteiger partial charge in [-0.2, -0.15) is 11.8 Å². The Morgan fingerprint density at radius 2 is 2.12 bits per heavy atom. The molecule has 17 heavy (non-hydrogen) atoms. The molecule has 1 unspecified atom stereocenters. The topological polar surface area (TPSA) is 50.4 Å². The fourth-order valence-electron chi connectivity index (χ4n) is 2.00. The predicted molar refractivity (Wildman–Crippen MR) is 75.1 cm³/mol. The number of piperidine rings is 1. The van der Waals surface area contributed by atoms with Crippen molar-refractivity contribution in [3.05, 3.63) is 0 Å². The van der Waals surface area contributed by atoms with E-state index in [1.807, 2.05) is 13.2 Å². The van der Waals surface area contributed by atoms with Crippen molar-refractivity contribution in [1.29, 1.82) is 0 Å². The summed E-state index contributed by atoms with van der Waals surface area (Å²) in [6, 6.07) is 0.199. The van der Waals surface area contributed by atoms with Gasteiger partial charge in [0.2, 0.25) is 0 Å². The van der Waals surface area contributed by atoms with Crippen molar-refractivity contribution in [3.8, 4) is 0 Å². The maximum Gasteiger partial charge on any atom is 0.252 e. The molecular formula is C11H23ClN2O2S. The van der Waals surface area contributed by atoms with Gasteiger partial charge in [-0.1, -0.05) is 0 Å². The first-order valence-corrected chi connectivity index (χ1v) is 7.10. The maximum atomic E-state index is 12.2. The predicted octanol–water partition coefficient (Wildman–Crippen LogP) is 1.04. The molecule has 0 bridgehead atoms. The quantitative estimate of drug-likeness (QED) is 0.791. The molecule has 2 N–H and O–H groups in total. The van der Waals surface area contributed by atoms with Crippen molar-refractivity contribution in [2.45, 2.75) is 31.4 Å². The molecule has 1 aliphatic rings. The number of hydrogen-bond donors (Lipinski definition) is 2. The van der Waals surface area contributed by atoms with Gasteiger partial charge in [0.25, 0.3) is 5.91 Å². The molecule has 1 saturated heterocycles. The van der Waals surface area contributed by atoms with E-state index in [1.54, 1.807) is 18.9 Å². The zero-order valence-corrected chi connectivity index (χ0v) is 12.4. The van der Waals surface area contributed by atoms with Gasteiger partial charge in [0, 0.05) is 18.9 Å². The highest BCUT2D eigenvalue weighted by Crippen LogP contribution is 2.22. The van der Waals surface area contributed by atoms with E-state index in [4.69, 9.17) is 4.74 Å². The van der Waals surface area contributed by atoms with Gasteiger partial charge in [0.05, 0.1) is 0 Å². The minimum Gasteiger partial charge on any atom is -0.368 e. The summed E-state index contributed by atoms with van der Waals surface area (Å²) in [5.74, 6) is 0.974. The van der Waals surface area contributed by atoms with Crippen LogP contribution in [0.5, 0.6) is 0 Å². The van der Waals surface area contributed by atoms with Crippen molar-refractivity contribution in [1.82, 2.24) is 10.6 Å². The molecule has 0 spiro atoms. The third-order valence-corrected chi connectivity index (χ3v) is 3.84. The molecule has 0 aromatic rings. The molecule has 0 saturated carbocycles. The Hall–Kier alpha value is 0.0300. The van der Waals surface area contributed by atoms with Crippen LogP contribution in [0.15, 0.2) is 0 Å². The van der Waals surface area contributed by atoms with Gasteiger partial charge in [-0.3, -0.25) is 4.79 Å². The minimum absolute atomic E-state index is 0. The third kappa shape index (κ3) is 4.66. The van der Waals surface area contributed by atoms with Gasteiger partial charge in [-0.05, 0) is 39.1 Å². The second-order valence-corrected chi connectivity index (χ2v) is 5.19. The van der Waals surface area contributed by atoms with Gasteiger partial charge >= 0.3 is 0 Å². The highest BCUT2D eigenvalue weighted by molar-refractivity contribution is 7.98. The number of rotatable bonds is 5. The first-order valence-electron chi connectivity index (χ1n) is 5.70. The van der Waals surface area contributed by atoms with E-state index in [-0.39, 0.29) is 24.4 Å². The first kappa shape index (κ1) is 17.0. The van der Waals surface area contributed by atoms with Crippen LogP contribution >= 0.6 is 24.2 Å². The highest BCUT2D eigenvalue weighted by Gasteiger charge is 2.39. The Morgan fingerprint density at radius 1 is 1.53 bits per heavy atom. The fraction of sp³-hybridized carbons (Fsp3) is 0.909. The lowest BCUT2D eigenvalue weighted by molar-refractivity contribution is -0.147. The summed E-state index contributed by atoms with van der Waals surface area (Å²) >= 11 is 1.74. The largest absolute Gasteiger partial charge is 0.368 e. The molecule has 1 amide bonds. The summed E-state index contributed by atoms with van der Waals surface area (Å²) in [5, 5.41) is 6.27. The molecule has 0 aliphatic carbocycles. The van der Waals surface area contributed by atoms with Gasteiger partial charge in [-0.15, -0.1) is 12.4 Å². The lowest BCUT2D eigenvalue weighted by Crippen LogP contribution is -2.56. The first-order chi connectivity index (χ1) is 7.64. The Bertz CT molecular complexity index is 236. The van der Waals surface area contributed by atoms with E-state index < -0.39 is 5.60 Å². The molecule has 102 valence electrons. The fourth-order valence-corrected chi connectivity index (χ4v) is 2.58. The molecule has 4 nitrogen and oxygen atoms in total. The number of hydrogen-bond acceptors (Lipinski definition) is 4. The van der Waals surface area contributed by atoms with Gasteiger partial charge < -0.3 is 15.4 Å². The average molecular weight is 283 g/mol. The number of carbonyl (C=O) groups is 1. The van der Waals surface area contributed by atoms with Gasteiger partial charge in [-0.25, -0.2) is 0 Å². The molecule has 1 fully saturated rings. The number of amides is 1. The summed E-state index contributed by atoms with van der Waals surface area (Å²) < 4.78 is 5.46. The molecule has 1 heterocycles. The summed E-state index contributed by atoms with van der Waals surface area (Å²) in [4.78, 5) is 12.2. The number of thioether (sulfide) groups is 1. The van der Waals surface area contributed by atoms with Crippen LogP contribution in [0.3, 0.4) is 0 Å². The maximum absolute atomic E-state index is 12.2. The van der Waals surface area contributed by atoms with Crippen molar-refractivity contribution in [2.75, 3.05) is 32.2 Å². The number of ether oxygens (including phenoxy) is 1. The summed E-state index contributed by atoms with van der Waals surface area (Å²) in [7, 11) is 1.63. The van der Waals surface area contributed by atoms with Gasteiger partial charge in [0.15, 0.2) is 0 Å². The van der Waals surface area contributed by atoms with E-state index >= 15 is 0 Å². The zero-order valence-electron chi connectivity index (χ0n) is 10.7. The highest BCUT2D eigenvalue weighted by atomic mass is 35.5. The number of halogens is 1. The van der Waals surface area contributed by atoms with Crippen LogP contribution in [0.25, 0.3) is 0 Å². The molecule has 0 aromatic carbocycles. The molecular weight excluding hydrogens is 260 g/mol. The summed E-state index contributed by atoms with van der Waals surface area (Å²) in [5.41, 5.74) is -0.613. The SMILES string of the molecule is COC1(C(=O)NC(C)CSC)CCNCC1.Cl. The zero-order chi connectivity index (χ0) is 12.0. The van der Waals surface area contributed by atoms with Crippen LogP contribution in [-0.4, -0.2) is 49.8 Å². The van der Waals surface area contributed by atoms with E-state index in [0.717, 1.165) is 31.7 Å². The minimum atomic E-state index is -0.613. The molecule has 1 atom stereocenters. The molecule has 6 heteroatoms. The Morgan fingerprint density at radius 3 is 2.59 bits per heavy atom. The van der Waals surface area contributed by atoms with E-state index in [0.29, 0.717) is 0 Å². The van der Waals surface area contributed by atoms with Crippen LogP contribution in [0, 0.1) is 0 Å². The lowest BCUT2D eigenvalue weighted by atomic mass is 9.91. The van der Waals surface area contributed by atoms with Crippen LogP contribution in [-0.2, 0) is 9.53 Å². The van der Waals surface area contributed by atoms with Crippen molar-refractivity contribution < 1.29 is 9.53 Å². The Balaban J connectivity index is 0.00000256. The smallest absolute Gasteiger partial charge is 0.252 e. The second-order valence-electron chi connectivity index (χ2n) is 4.28. The second kappa shape index (κ2) is 8.19. The van der Waals surface area contributed by atoms with Crippen molar-refractivity contribution in [2.24, 2.45) is 0 Å². The number of nitrogens with one attached hydrogen (secondary N) is 2. The molecule has 1 aliphatic heterocycles. The Labute approximate surface area is 114 Å². The van der Waals surface area contributed by atoms with Crippen LogP contribution < -0.4 is 10.6 Å². The number of carbonyl (C=O) groups excluding carboxylic acids is 1. The van der Waals surface area contributed by atoms with E-state index in [2.05, 4.69) is 10.6 Å². The van der Waals surface area contributed by atoms with E-state index in [1.165, 1.54) is 0 Å². The van der Waals surface area contributed by atoms with Crippen molar-refractivity contribution in [3.63, 3.8) is 0 Å². The monoisotopic (exact) mass is 282 g/mol. The molecule has 0 aromatic heterocycles. The third-order valence-electron chi connectivity index (χ3n) is 3.01. The molecule has 1 rings (SSSR count). The Kier molecular flexibility index (Phi) is 8.20. The van der Waals surface area contributed by atoms with E-state index in [9.17, 15) is 4.79 Å². The summed E-state index contributed by atoms with van der Waals surface area (Å²) in [6.45, 7) is 3.72. The number of methoxy groups -OCH3 is 1. The van der Waals surface area contributed by atoms with Crippen LogP contribution in [0.1, 0.15) is 19.8 Å². The standard InChI is InChI=1S/C11H22N2O2S.ClH/c1-9(8-16-3)13-10(14)11(15-2)4-6-12-7-5-11;/h9,12H,4-8H2,1-3H3,(H,13,14);1H. The normalized spacial score (nSPS) is 20.2. The lowest BCUT2D eigenvalue weighted by Gasteiger charge is -2.35. The molecule has 0 radical (unpaired) electrons. The average Bonchev–Trinajstić information content (AvgIpc) is 2.30. The van der Waals surface area contributed by atoms with Crippen molar-refractivity contribution >= 4 is 30.1 Å². The summed E-state index contributed by atoms with van der Waals surface area (Å²) in [6.07, 6.45) is 3.54. The van der Waals surface area contributed by atoms with Crippen LogP contribution in [0.4, 0.5) is 0 Å². The van der Waals surface area contributed by atoms with Crippen LogP contribution in [0.2, 0.25) is 0 Å².